The lowest BCUT2D eigenvalue weighted by molar-refractivity contribution is -0.136. The summed E-state index contributed by atoms with van der Waals surface area (Å²) >= 11 is 5.78. The molecule has 0 saturated carbocycles. The first kappa shape index (κ1) is 14.6. The number of aromatic carboxylic acids is 1. The number of rotatable bonds is 4. The van der Waals surface area contributed by atoms with Crippen molar-refractivity contribution in [1.82, 2.24) is 0 Å². The highest BCUT2D eigenvalue weighted by Crippen LogP contribution is 2.27. The standard InChI is InChI=1S/C11H11ClF3NO2/c1-6(5-11(13,14)15)16-9-3-2-7(10(17)18)4-8(9)12/h2-4,6,16H,5H2,1H3,(H,17,18). The highest BCUT2D eigenvalue weighted by molar-refractivity contribution is 6.33. The van der Waals surface area contributed by atoms with E-state index in [1.807, 2.05) is 0 Å². The minimum Gasteiger partial charge on any atom is -0.478 e. The average Bonchev–Trinajstić information content (AvgIpc) is 2.17. The van der Waals surface area contributed by atoms with Gasteiger partial charge in [0.15, 0.2) is 0 Å². The van der Waals surface area contributed by atoms with Gasteiger partial charge < -0.3 is 10.4 Å². The van der Waals surface area contributed by atoms with Gasteiger partial charge in [-0.1, -0.05) is 11.6 Å². The maximum atomic E-state index is 12.1. The summed E-state index contributed by atoms with van der Waals surface area (Å²) < 4.78 is 36.4. The van der Waals surface area contributed by atoms with Crippen molar-refractivity contribution in [3.8, 4) is 0 Å². The molecule has 0 spiro atoms. The number of carboxylic acids is 1. The van der Waals surface area contributed by atoms with Gasteiger partial charge in [0.2, 0.25) is 0 Å². The fourth-order valence-corrected chi connectivity index (χ4v) is 1.66. The van der Waals surface area contributed by atoms with Crippen LogP contribution in [0.5, 0.6) is 0 Å². The van der Waals surface area contributed by atoms with E-state index in [4.69, 9.17) is 16.7 Å². The minimum absolute atomic E-state index is 0.0194. The molecule has 0 aliphatic heterocycles. The van der Waals surface area contributed by atoms with Crippen LogP contribution in [-0.2, 0) is 0 Å². The van der Waals surface area contributed by atoms with Crippen LogP contribution in [0.1, 0.15) is 23.7 Å². The van der Waals surface area contributed by atoms with E-state index in [2.05, 4.69) is 5.32 Å². The molecule has 3 nitrogen and oxygen atoms in total. The largest absolute Gasteiger partial charge is 0.478 e. The summed E-state index contributed by atoms with van der Waals surface area (Å²) in [5.74, 6) is -1.15. The number of carbonyl (C=O) groups is 1. The van der Waals surface area contributed by atoms with Gasteiger partial charge in [0.25, 0.3) is 0 Å². The van der Waals surface area contributed by atoms with Crippen LogP contribution in [0, 0.1) is 0 Å². The van der Waals surface area contributed by atoms with E-state index >= 15 is 0 Å². The molecule has 1 atom stereocenters. The summed E-state index contributed by atoms with van der Waals surface area (Å²) in [6.45, 7) is 1.37. The third-order valence-corrected chi connectivity index (χ3v) is 2.47. The fraction of sp³-hybridized carbons (Fsp3) is 0.364. The Morgan fingerprint density at radius 2 is 2.11 bits per heavy atom. The molecule has 2 N–H and O–H groups in total. The molecule has 0 aliphatic carbocycles. The smallest absolute Gasteiger partial charge is 0.391 e. The van der Waals surface area contributed by atoms with Crippen LogP contribution in [-0.4, -0.2) is 23.3 Å². The average molecular weight is 282 g/mol. The van der Waals surface area contributed by atoms with E-state index in [1.54, 1.807) is 0 Å². The van der Waals surface area contributed by atoms with Gasteiger partial charge >= 0.3 is 12.1 Å². The summed E-state index contributed by atoms with van der Waals surface area (Å²) in [6.07, 6.45) is -5.26. The molecule has 1 rings (SSSR count). The lowest BCUT2D eigenvalue weighted by Crippen LogP contribution is -2.24. The van der Waals surface area contributed by atoms with Crippen molar-refractivity contribution in [2.45, 2.75) is 25.6 Å². The SMILES string of the molecule is CC(CC(F)(F)F)Nc1ccc(C(=O)O)cc1Cl. The topological polar surface area (TPSA) is 49.3 Å². The van der Waals surface area contributed by atoms with Gasteiger partial charge in [-0.15, -0.1) is 0 Å². The second-order valence-corrected chi connectivity index (χ2v) is 4.27. The molecule has 100 valence electrons. The van der Waals surface area contributed by atoms with Crippen LogP contribution in [0.15, 0.2) is 18.2 Å². The van der Waals surface area contributed by atoms with Crippen LogP contribution >= 0.6 is 11.6 Å². The maximum absolute atomic E-state index is 12.1. The van der Waals surface area contributed by atoms with Crippen LogP contribution in [0.4, 0.5) is 18.9 Å². The number of carboxylic acid groups (broad SMARTS) is 1. The quantitative estimate of drug-likeness (QED) is 0.883. The van der Waals surface area contributed by atoms with Gasteiger partial charge in [-0.3, -0.25) is 0 Å². The molecule has 1 aromatic rings. The lowest BCUT2D eigenvalue weighted by atomic mass is 10.1. The van der Waals surface area contributed by atoms with E-state index in [0.29, 0.717) is 0 Å². The van der Waals surface area contributed by atoms with Crippen molar-refractivity contribution in [2.75, 3.05) is 5.32 Å². The Kier molecular flexibility index (Phi) is 4.45. The Morgan fingerprint density at radius 3 is 2.56 bits per heavy atom. The number of hydrogen-bond donors (Lipinski definition) is 2. The van der Waals surface area contributed by atoms with Gasteiger partial charge in [-0.25, -0.2) is 4.79 Å². The van der Waals surface area contributed by atoms with Crippen molar-refractivity contribution < 1.29 is 23.1 Å². The van der Waals surface area contributed by atoms with E-state index in [0.717, 1.165) is 0 Å². The predicted octanol–water partition coefficient (Wildman–Crippen LogP) is 3.79. The van der Waals surface area contributed by atoms with Crippen molar-refractivity contribution in [3.05, 3.63) is 28.8 Å². The van der Waals surface area contributed by atoms with Crippen LogP contribution < -0.4 is 5.32 Å². The molecule has 0 radical (unpaired) electrons. The first-order chi connectivity index (χ1) is 8.19. The Hall–Kier alpha value is -1.43. The Bertz CT molecular complexity index is 448. The monoisotopic (exact) mass is 281 g/mol. The number of alkyl halides is 3. The highest BCUT2D eigenvalue weighted by Gasteiger charge is 2.30. The zero-order valence-corrected chi connectivity index (χ0v) is 10.1. The van der Waals surface area contributed by atoms with E-state index < -0.39 is 24.6 Å². The summed E-state index contributed by atoms with van der Waals surface area (Å²) in [5, 5.41) is 11.4. The number of benzene rings is 1. The van der Waals surface area contributed by atoms with Gasteiger partial charge in [0.1, 0.15) is 0 Å². The molecule has 18 heavy (non-hydrogen) atoms. The Labute approximate surface area is 107 Å². The van der Waals surface area contributed by atoms with Gasteiger partial charge in [-0.2, -0.15) is 13.2 Å². The van der Waals surface area contributed by atoms with Crippen LogP contribution in [0.25, 0.3) is 0 Å². The number of nitrogens with one attached hydrogen (secondary N) is 1. The summed E-state index contributed by atoms with van der Waals surface area (Å²) in [6, 6.07) is 2.96. The van der Waals surface area contributed by atoms with Crippen molar-refractivity contribution >= 4 is 23.3 Å². The fourth-order valence-electron chi connectivity index (χ4n) is 1.43. The van der Waals surface area contributed by atoms with Gasteiger partial charge in [0.05, 0.1) is 22.7 Å². The number of halogens is 4. The number of anilines is 1. The maximum Gasteiger partial charge on any atom is 0.391 e. The van der Waals surface area contributed by atoms with E-state index in [-0.39, 0.29) is 16.3 Å². The second kappa shape index (κ2) is 5.48. The highest BCUT2D eigenvalue weighted by atomic mass is 35.5. The molecule has 0 heterocycles. The molecule has 0 saturated heterocycles. The van der Waals surface area contributed by atoms with Crippen molar-refractivity contribution in [1.29, 1.82) is 0 Å². The zero-order chi connectivity index (χ0) is 13.9. The molecule has 1 unspecified atom stereocenters. The molecule has 0 fully saturated rings. The molecule has 0 aromatic heterocycles. The molecule has 0 amide bonds. The molecule has 0 aliphatic rings. The minimum atomic E-state index is -4.26. The second-order valence-electron chi connectivity index (χ2n) is 3.86. The van der Waals surface area contributed by atoms with Gasteiger partial charge in [0, 0.05) is 6.04 Å². The summed E-state index contributed by atoms with van der Waals surface area (Å²) in [7, 11) is 0. The normalized spacial score (nSPS) is 13.2. The molecular formula is C11H11ClF3NO2. The van der Waals surface area contributed by atoms with Crippen LogP contribution in [0.2, 0.25) is 5.02 Å². The van der Waals surface area contributed by atoms with Gasteiger partial charge in [-0.05, 0) is 25.1 Å². The molecule has 0 bridgehead atoms. The van der Waals surface area contributed by atoms with E-state index in [1.165, 1.54) is 25.1 Å². The summed E-state index contributed by atoms with van der Waals surface area (Å²) in [4.78, 5) is 10.6. The predicted molar refractivity (Wildman–Crippen MR) is 62.2 cm³/mol. The Balaban J connectivity index is 2.77. The van der Waals surface area contributed by atoms with Crippen LogP contribution in [0.3, 0.4) is 0 Å². The third kappa shape index (κ3) is 4.44. The zero-order valence-electron chi connectivity index (χ0n) is 9.38. The lowest BCUT2D eigenvalue weighted by Gasteiger charge is -2.18. The van der Waals surface area contributed by atoms with E-state index in [9.17, 15) is 18.0 Å². The molecular weight excluding hydrogens is 271 g/mol. The molecule has 1 aromatic carbocycles. The van der Waals surface area contributed by atoms with Crippen molar-refractivity contribution in [3.63, 3.8) is 0 Å². The number of hydrogen-bond acceptors (Lipinski definition) is 2. The first-order valence-electron chi connectivity index (χ1n) is 5.05. The summed E-state index contributed by atoms with van der Waals surface area (Å²) in [5.41, 5.74) is 0.257. The van der Waals surface area contributed by atoms with Crippen molar-refractivity contribution in [2.24, 2.45) is 0 Å². The Morgan fingerprint density at radius 1 is 1.50 bits per heavy atom. The molecule has 7 heteroatoms. The third-order valence-electron chi connectivity index (χ3n) is 2.16. The first-order valence-corrected chi connectivity index (χ1v) is 5.43.